The lowest BCUT2D eigenvalue weighted by Gasteiger charge is -2.50. The van der Waals surface area contributed by atoms with Gasteiger partial charge in [-0.2, -0.15) is 0 Å². The van der Waals surface area contributed by atoms with E-state index in [-0.39, 0.29) is 16.4 Å². The van der Waals surface area contributed by atoms with E-state index in [9.17, 15) is 4.79 Å². The van der Waals surface area contributed by atoms with E-state index < -0.39 is 11.8 Å². The van der Waals surface area contributed by atoms with Crippen molar-refractivity contribution in [1.29, 1.82) is 0 Å². The molecular weight excluding hydrogens is 366 g/mol. The molecule has 0 saturated carbocycles. The Morgan fingerprint density at radius 1 is 1.00 bits per heavy atom. The van der Waals surface area contributed by atoms with Crippen molar-refractivity contribution >= 4 is 11.7 Å². The summed E-state index contributed by atoms with van der Waals surface area (Å²) in [5, 5.41) is 12.3. The monoisotopic (exact) mass is 397 g/mol. The zero-order chi connectivity index (χ0) is 21.3. The van der Waals surface area contributed by atoms with E-state index >= 15 is 0 Å². The molecule has 0 spiro atoms. The van der Waals surface area contributed by atoms with E-state index in [1.807, 2.05) is 0 Å². The number of carboxylic acid groups (broad SMARTS) is 1. The molecule has 1 aliphatic rings. The number of aromatic carboxylic acids is 1. The molecule has 5 heteroatoms. The smallest absolute Gasteiger partial charge is 0.335 e. The predicted molar refractivity (Wildman–Crippen MR) is 114 cm³/mol. The second kappa shape index (κ2) is 7.81. The summed E-state index contributed by atoms with van der Waals surface area (Å²) in [6.07, 6.45) is 0. The van der Waals surface area contributed by atoms with Gasteiger partial charge in [-0.25, -0.2) is 4.79 Å². The average Bonchev–Trinajstić information content (AvgIpc) is 2.66. The minimum atomic E-state index is -0.921. The summed E-state index contributed by atoms with van der Waals surface area (Å²) in [4.78, 5) is 10.9. The number of rotatable bonds is 5. The molecule has 0 amide bonds. The van der Waals surface area contributed by atoms with Crippen molar-refractivity contribution in [2.24, 2.45) is 10.8 Å². The van der Waals surface area contributed by atoms with Gasteiger partial charge in [0.2, 0.25) is 0 Å². The molecule has 2 N–H and O–H groups in total. The van der Waals surface area contributed by atoms with Crippen LogP contribution >= 0.6 is 0 Å². The Morgan fingerprint density at radius 3 is 2.03 bits per heavy atom. The first-order valence-corrected chi connectivity index (χ1v) is 9.97. The van der Waals surface area contributed by atoms with Crippen molar-refractivity contribution in [2.75, 3.05) is 18.5 Å². The fourth-order valence-corrected chi connectivity index (χ4v) is 3.49. The average molecular weight is 398 g/mol. The van der Waals surface area contributed by atoms with Gasteiger partial charge in [-0.1, -0.05) is 58.9 Å². The quantitative estimate of drug-likeness (QED) is 0.719. The van der Waals surface area contributed by atoms with Gasteiger partial charge in [0.1, 0.15) is 0 Å². The fraction of sp³-hybridized carbons (Fsp3) is 0.458. The number of anilines is 1. The zero-order valence-electron chi connectivity index (χ0n) is 17.9. The Hall–Kier alpha value is -2.37. The van der Waals surface area contributed by atoms with E-state index in [0.717, 1.165) is 16.8 Å². The van der Waals surface area contributed by atoms with Gasteiger partial charge >= 0.3 is 5.97 Å². The zero-order valence-corrected chi connectivity index (χ0v) is 17.9. The summed E-state index contributed by atoms with van der Waals surface area (Å²) in [6, 6.07) is 15.1. The maximum atomic E-state index is 10.9. The number of ether oxygens (including phenoxy) is 2. The molecule has 0 radical (unpaired) electrons. The van der Waals surface area contributed by atoms with Crippen LogP contribution in [0.1, 0.15) is 56.1 Å². The van der Waals surface area contributed by atoms with Crippen LogP contribution in [0, 0.1) is 10.8 Å². The highest BCUT2D eigenvalue weighted by Gasteiger charge is 2.50. The van der Waals surface area contributed by atoms with E-state index in [4.69, 9.17) is 14.6 Å². The Kier molecular flexibility index (Phi) is 5.74. The third-order valence-corrected chi connectivity index (χ3v) is 5.28. The minimum absolute atomic E-state index is 0.00873. The number of carbonyl (C=O) groups is 1. The topological polar surface area (TPSA) is 67.8 Å². The molecule has 0 aliphatic carbocycles. The highest BCUT2D eigenvalue weighted by Crippen LogP contribution is 2.48. The summed E-state index contributed by atoms with van der Waals surface area (Å²) in [6.45, 7) is 12.7. The second-order valence-electron chi connectivity index (χ2n) is 9.54. The van der Waals surface area contributed by atoms with Crippen LogP contribution in [0.15, 0.2) is 48.5 Å². The Labute approximate surface area is 173 Å². The molecule has 29 heavy (non-hydrogen) atoms. The molecule has 0 atom stereocenters. The van der Waals surface area contributed by atoms with Crippen LogP contribution in [-0.4, -0.2) is 24.3 Å². The van der Waals surface area contributed by atoms with Crippen LogP contribution in [0.25, 0.3) is 0 Å². The molecule has 156 valence electrons. The molecule has 2 aromatic rings. The van der Waals surface area contributed by atoms with Gasteiger partial charge in [-0.05, 0) is 29.8 Å². The number of hydrogen-bond donors (Lipinski definition) is 2. The lowest BCUT2D eigenvalue weighted by Crippen LogP contribution is -2.52. The first-order valence-electron chi connectivity index (χ1n) is 9.97. The van der Waals surface area contributed by atoms with Crippen molar-refractivity contribution in [3.63, 3.8) is 0 Å². The molecule has 1 heterocycles. The normalized spacial score (nSPS) is 18.2. The number of benzene rings is 2. The fourth-order valence-electron chi connectivity index (χ4n) is 3.49. The van der Waals surface area contributed by atoms with Gasteiger partial charge in [0.15, 0.2) is 5.79 Å². The molecule has 1 saturated heterocycles. The summed E-state index contributed by atoms with van der Waals surface area (Å²) in [7, 11) is 0. The molecular formula is C24H31NO4. The van der Waals surface area contributed by atoms with Crippen LogP contribution < -0.4 is 5.32 Å². The molecule has 5 nitrogen and oxygen atoms in total. The van der Waals surface area contributed by atoms with Gasteiger partial charge in [-0.15, -0.1) is 0 Å². The van der Waals surface area contributed by atoms with Gasteiger partial charge in [-0.3, -0.25) is 0 Å². The van der Waals surface area contributed by atoms with Crippen LogP contribution in [0.4, 0.5) is 5.69 Å². The van der Waals surface area contributed by atoms with Gasteiger partial charge < -0.3 is 19.9 Å². The largest absolute Gasteiger partial charge is 0.478 e. The molecule has 1 fully saturated rings. The van der Waals surface area contributed by atoms with Gasteiger partial charge in [0, 0.05) is 28.6 Å². The molecule has 3 rings (SSSR count). The van der Waals surface area contributed by atoms with Crippen molar-refractivity contribution in [3.8, 4) is 0 Å². The molecule has 2 aromatic carbocycles. The summed E-state index contributed by atoms with van der Waals surface area (Å²) >= 11 is 0. The second-order valence-corrected chi connectivity index (χ2v) is 9.54. The first kappa shape index (κ1) is 21.3. The third-order valence-electron chi connectivity index (χ3n) is 5.28. The Bertz CT molecular complexity index is 838. The summed E-state index contributed by atoms with van der Waals surface area (Å²) < 4.78 is 12.7. The van der Waals surface area contributed by atoms with E-state index in [1.165, 1.54) is 0 Å². The molecule has 0 unspecified atom stereocenters. The van der Waals surface area contributed by atoms with Crippen molar-refractivity contribution in [2.45, 2.75) is 47.0 Å². The molecule has 1 aliphatic heterocycles. The Morgan fingerprint density at radius 2 is 1.55 bits per heavy atom. The van der Waals surface area contributed by atoms with Crippen LogP contribution in [0.2, 0.25) is 0 Å². The lowest BCUT2D eigenvalue weighted by atomic mass is 9.79. The molecule has 0 aromatic heterocycles. The van der Waals surface area contributed by atoms with Gasteiger partial charge in [0.25, 0.3) is 0 Å². The van der Waals surface area contributed by atoms with E-state index in [1.54, 1.807) is 24.3 Å². The Balaban J connectivity index is 1.72. The number of hydrogen-bond acceptors (Lipinski definition) is 4. The van der Waals surface area contributed by atoms with E-state index in [2.05, 4.69) is 64.2 Å². The number of nitrogens with one attached hydrogen (secondary N) is 1. The van der Waals surface area contributed by atoms with Gasteiger partial charge in [0.05, 0.1) is 18.8 Å². The van der Waals surface area contributed by atoms with Crippen molar-refractivity contribution in [1.82, 2.24) is 0 Å². The summed E-state index contributed by atoms with van der Waals surface area (Å²) in [5.41, 5.74) is 3.10. The van der Waals surface area contributed by atoms with E-state index in [0.29, 0.717) is 19.8 Å². The third kappa shape index (κ3) is 4.62. The van der Waals surface area contributed by atoms with Crippen molar-refractivity contribution in [3.05, 3.63) is 65.2 Å². The number of carboxylic acids is 1. The maximum absolute atomic E-state index is 10.9. The highest BCUT2D eigenvalue weighted by atomic mass is 16.7. The van der Waals surface area contributed by atoms with Crippen LogP contribution in [-0.2, 0) is 21.8 Å². The lowest BCUT2D eigenvalue weighted by molar-refractivity contribution is -0.350. The maximum Gasteiger partial charge on any atom is 0.335 e. The SMILES string of the molecule is CC1(C)COC(c2ccc(CNc3ccc(C(=O)O)cc3)cc2)(C(C)(C)C)OC1. The van der Waals surface area contributed by atoms with Crippen LogP contribution in [0.5, 0.6) is 0 Å². The van der Waals surface area contributed by atoms with Crippen LogP contribution in [0.3, 0.4) is 0 Å². The molecule has 0 bridgehead atoms. The highest BCUT2D eigenvalue weighted by molar-refractivity contribution is 5.87. The van der Waals surface area contributed by atoms with Crippen molar-refractivity contribution < 1.29 is 19.4 Å². The standard InChI is InChI=1S/C24H31NO4/c1-22(2,3)24(28-15-23(4,5)16-29-24)19-10-6-17(7-11-19)14-25-20-12-8-18(9-13-20)21(26)27/h6-13,25H,14-16H2,1-5H3,(H,26,27). The summed E-state index contributed by atoms with van der Waals surface area (Å²) in [5.74, 6) is -1.68. The predicted octanol–water partition coefficient (Wildman–Crippen LogP) is 5.27. The minimum Gasteiger partial charge on any atom is -0.478 e. The first-order chi connectivity index (χ1) is 13.5.